The number of ether oxygens (including phenoxy) is 1. The third-order valence-corrected chi connectivity index (χ3v) is 5.56. The van der Waals surface area contributed by atoms with Crippen molar-refractivity contribution in [2.45, 2.75) is 6.54 Å². The number of nitrogens with two attached hydrogens (primary N) is 1. The fourth-order valence-corrected chi connectivity index (χ4v) is 3.62. The number of aromatic amines is 1. The average molecular weight is 489 g/mol. The van der Waals surface area contributed by atoms with Gasteiger partial charge in [0.15, 0.2) is 0 Å². The van der Waals surface area contributed by atoms with Crippen LogP contribution in [0, 0.1) is 0 Å². The van der Waals surface area contributed by atoms with E-state index < -0.39 is 6.09 Å². The van der Waals surface area contributed by atoms with Crippen LogP contribution in [0.1, 0.15) is 15.9 Å². The summed E-state index contributed by atoms with van der Waals surface area (Å²) in [6.07, 6.45) is -0.558. The Morgan fingerprint density at radius 3 is 2.50 bits per heavy atom. The second kappa shape index (κ2) is 10.8. The van der Waals surface area contributed by atoms with E-state index in [4.69, 9.17) is 10.5 Å². The number of carbonyl (C=O) groups is 2. The Hall–Kier alpha value is -4.57. The summed E-state index contributed by atoms with van der Waals surface area (Å²) in [6.45, 7) is 1.21. The topological polar surface area (TPSA) is 134 Å². The molecule has 5 N–H and O–H groups in total. The Balaban J connectivity index is 1.43. The Labute approximate surface area is 207 Å². The van der Waals surface area contributed by atoms with Crippen molar-refractivity contribution in [3.8, 4) is 0 Å². The lowest BCUT2D eigenvalue weighted by Crippen LogP contribution is -2.22. The minimum absolute atomic E-state index is 0.273. The highest BCUT2D eigenvalue weighted by Gasteiger charge is 2.12. The number of nitrogen functional groups attached to an aromatic ring is 1. The zero-order valence-corrected chi connectivity index (χ0v) is 20.1. The fraction of sp³-hybridized carbons (Fsp3) is 0.192. The molecule has 0 unspecified atom stereocenters. The number of nitrogens with zero attached hydrogens (tertiary/aromatic N) is 2. The Kier molecular flexibility index (Phi) is 7.36. The number of H-pyrrole nitrogens is 1. The maximum Gasteiger partial charge on any atom is 0.411 e. The summed E-state index contributed by atoms with van der Waals surface area (Å²) in [5, 5.41) is 5.46. The molecule has 0 bridgehead atoms. The van der Waals surface area contributed by atoms with Crippen LogP contribution in [-0.4, -0.2) is 53.7 Å². The molecule has 10 nitrogen and oxygen atoms in total. The maximum atomic E-state index is 12.6. The van der Waals surface area contributed by atoms with E-state index in [-0.39, 0.29) is 18.2 Å². The van der Waals surface area contributed by atoms with Crippen molar-refractivity contribution >= 4 is 40.1 Å². The molecule has 4 aromatic rings. The highest BCUT2D eigenvalue weighted by Crippen LogP contribution is 2.20. The lowest BCUT2D eigenvalue weighted by molar-refractivity contribution is 0.102. The molecule has 1 aromatic heterocycles. The van der Waals surface area contributed by atoms with Crippen molar-refractivity contribution in [1.82, 2.24) is 14.5 Å². The molecule has 186 valence electrons. The van der Waals surface area contributed by atoms with E-state index in [1.807, 2.05) is 19.0 Å². The van der Waals surface area contributed by atoms with Gasteiger partial charge in [-0.05, 0) is 62.1 Å². The summed E-state index contributed by atoms with van der Waals surface area (Å²) in [4.78, 5) is 41.9. The second-order valence-electron chi connectivity index (χ2n) is 8.55. The van der Waals surface area contributed by atoms with Crippen molar-refractivity contribution < 1.29 is 14.3 Å². The number of imidazole rings is 1. The standard InChI is InChI=1S/C26H28N6O4/c1-31(2)13-14-36-26(35)28-19-11-12-23-22(15-19)30-25(34)32(23)16-17-7-9-18(10-8-17)24(33)29-21-6-4-3-5-20(21)27/h3-12,15H,13-14,16,27H2,1-2H3,(H,28,35)(H,29,33)(H,30,34). The zero-order valence-electron chi connectivity index (χ0n) is 20.1. The smallest absolute Gasteiger partial charge is 0.411 e. The number of aromatic nitrogens is 2. The molecule has 0 spiro atoms. The van der Waals surface area contributed by atoms with E-state index in [1.54, 1.807) is 71.3 Å². The van der Waals surface area contributed by atoms with Gasteiger partial charge in [-0.3, -0.25) is 14.7 Å². The van der Waals surface area contributed by atoms with Crippen LogP contribution < -0.4 is 22.1 Å². The molecule has 3 aromatic carbocycles. The number of nitrogens with one attached hydrogen (secondary N) is 3. The van der Waals surface area contributed by atoms with Gasteiger partial charge in [0.2, 0.25) is 0 Å². The molecule has 0 atom stereocenters. The maximum absolute atomic E-state index is 12.6. The highest BCUT2D eigenvalue weighted by molar-refractivity contribution is 6.05. The summed E-state index contributed by atoms with van der Waals surface area (Å²) >= 11 is 0. The van der Waals surface area contributed by atoms with Gasteiger partial charge in [-0.1, -0.05) is 24.3 Å². The summed E-state index contributed by atoms with van der Waals surface area (Å²) in [5.74, 6) is -0.274. The van der Waals surface area contributed by atoms with Gasteiger partial charge in [0.25, 0.3) is 5.91 Å². The first-order chi connectivity index (χ1) is 17.3. The molecule has 10 heteroatoms. The van der Waals surface area contributed by atoms with Crippen molar-refractivity contribution in [2.24, 2.45) is 0 Å². The molecule has 4 rings (SSSR count). The number of para-hydroxylation sites is 2. The van der Waals surface area contributed by atoms with Crippen molar-refractivity contribution in [2.75, 3.05) is 43.6 Å². The summed E-state index contributed by atoms with van der Waals surface area (Å²) in [6, 6.07) is 19.2. The minimum atomic E-state index is -0.558. The van der Waals surface area contributed by atoms with Crippen molar-refractivity contribution in [3.05, 3.63) is 88.3 Å². The lowest BCUT2D eigenvalue weighted by Gasteiger charge is -2.11. The minimum Gasteiger partial charge on any atom is -0.448 e. The van der Waals surface area contributed by atoms with Gasteiger partial charge in [-0.15, -0.1) is 0 Å². The second-order valence-corrected chi connectivity index (χ2v) is 8.55. The van der Waals surface area contributed by atoms with E-state index >= 15 is 0 Å². The molecule has 2 amide bonds. The number of hydrogen-bond donors (Lipinski definition) is 4. The molecule has 0 radical (unpaired) electrons. The van der Waals surface area contributed by atoms with Crippen LogP contribution in [0.2, 0.25) is 0 Å². The van der Waals surface area contributed by atoms with Gasteiger partial charge in [0.1, 0.15) is 6.61 Å². The fourth-order valence-electron chi connectivity index (χ4n) is 3.62. The molecule has 0 saturated heterocycles. The molecule has 0 aliphatic heterocycles. The van der Waals surface area contributed by atoms with Crippen molar-refractivity contribution in [1.29, 1.82) is 0 Å². The lowest BCUT2D eigenvalue weighted by atomic mass is 10.1. The number of amides is 2. The molecule has 0 fully saturated rings. The number of anilines is 3. The quantitative estimate of drug-likeness (QED) is 0.281. The van der Waals surface area contributed by atoms with Gasteiger partial charge in [-0.2, -0.15) is 0 Å². The number of carbonyl (C=O) groups excluding carboxylic acids is 2. The molecule has 1 heterocycles. The first-order valence-corrected chi connectivity index (χ1v) is 11.4. The van der Waals surface area contributed by atoms with Crippen LogP contribution in [0.3, 0.4) is 0 Å². The molecule has 36 heavy (non-hydrogen) atoms. The third-order valence-electron chi connectivity index (χ3n) is 5.56. The summed E-state index contributed by atoms with van der Waals surface area (Å²) < 4.78 is 6.73. The van der Waals surface area contributed by atoms with Crippen LogP contribution in [-0.2, 0) is 11.3 Å². The van der Waals surface area contributed by atoms with E-state index in [0.717, 1.165) is 5.56 Å². The number of benzene rings is 3. The van der Waals surface area contributed by atoms with Crippen LogP contribution in [0.4, 0.5) is 21.9 Å². The van der Waals surface area contributed by atoms with E-state index in [2.05, 4.69) is 15.6 Å². The molecule has 0 aliphatic rings. The highest BCUT2D eigenvalue weighted by atomic mass is 16.5. The van der Waals surface area contributed by atoms with Crippen LogP contribution in [0.25, 0.3) is 11.0 Å². The van der Waals surface area contributed by atoms with Gasteiger partial charge < -0.3 is 25.7 Å². The summed E-state index contributed by atoms with van der Waals surface area (Å²) in [5.41, 5.74) is 9.75. The molecular weight excluding hydrogens is 460 g/mol. The predicted molar refractivity (Wildman–Crippen MR) is 140 cm³/mol. The predicted octanol–water partition coefficient (Wildman–Crippen LogP) is 3.32. The largest absolute Gasteiger partial charge is 0.448 e. The zero-order chi connectivity index (χ0) is 25.7. The molecular formula is C26H28N6O4. The number of rotatable bonds is 8. The van der Waals surface area contributed by atoms with Crippen LogP contribution >= 0.6 is 0 Å². The molecule has 0 saturated carbocycles. The van der Waals surface area contributed by atoms with Gasteiger partial charge in [0, 0.05) is 17.8 Å². The Bertz CT molecular complexity index is 1440. The number of hydrogen-bond acceptors (Lipinski definition) is 6. The first kappa shape index (κ1) is 24.6. The monoisotopic (exact) mass is 488 g/mol. The Morgan fingerprint density at radius 1 is 1.03 bits per heavy atom. The third kappa shape index (κ3) is 5.91. The van der Waals surface area contributed by atoms with Crippen molar-refractivity contribution in [3.63, 3.8) is 0 Å². The normalized spacial score (nSPS) is 11.0. The van der Waals surface area contributed by atoms with Crippen LogP contribution in [0.5, 0.6) is 0 Å². The number of fused-ring (bicyclic) bond motifs is 1. The van der Waals surface area contributed by atoms with Crippen LogP contribution in [0.15, 0.2) is 71.5 Å². The first-order valence-electron chi connectivity index (χ1n) is 11.4. The van der Waals surface area contributed by atoms with E-state index in [1.165, 1.54) is 0 Å². The SMILES string of the molecule is CN(C)CCOC(=O)Nc1ccc2c(c1)[nH]c(=O)n2Cc1ccc(C(=O)Nc2ccccc2N)cc1. The van der Waals surface area contributed by atoms with Gasteiger partial charge in [0.05, 0.1) is 29.0 Å². The number of likely N-dealkylation sites (N-methyl/N-ethyl adjacent to an activating group) is 1. The van der Waals surface area contributed by atoms with Gasteiger partial charge in [-0.25, -0.2) is 9.59 Å². The molecule has 0 aliphatic carbocycles. The van der Waals surface area contributed by atoms with E-state index in [9.17, 15) is 14.4 Å². The van der Waals surface area contributed by atoms with E-state index in [0.29, 0.717) is 46.7 Å². The summed E-state index contributed by atoms with van der Waals surface area (Å²) in [7, 11) is 3.79. The Morgan fingerprint density at radius 2 is 1.78 bits per heavy atom. The van der Waals surface area contributed by atoms with Gasteiger partial charge >= 0.3 is 11.8 Å². The average Bonchev–Trinajstić information content (AvgIpc) is 3.14.